The van der Waals surface area contributed by atoms with Crippen molar-refractivity contribution in [1.29, 1.82) is 0 Å². The Labute approximate surface area is 109 Å². The van der Waals surface area contributed by atoms with Crippen LogP contribution < -0.4 is 5.73 Å². The largest absolute Gasteiger partial charge is 0.320 e. The highest BCUT2D eigenvalue weighted by molar-refractivity contribution is 9.10. The van der Waals surface area contributed by atoms with Crippen LogP contribution >= 0.6 is 15.9 Å². The number of nitrogens with two attached hydrogens (primary N) is 1. The Kier molecular flexibility index (Phi) is 3.60. The van der Waals surface area contributed by atoms with Gasteiger partial charge in [0.15, 0.2) is 0 Å². The molecular formula is C14H13BrFN. The molecule has 0 radical (unpaired) electrons. The van der Waals surface area contributed by atoms with Crippen LogP contribution in [-0.2, 0) is 0 Å². The first kappa shape index (κ1) is 12.3. The summed E-state index contributed by atoms with van der Waals surface area (Å²) in [4.78, 5) is 0. The molecule has 3 heteroatoms. The van der Waals surface area contributed by atoms with Crippen LogP contribution in [-0.4, -0.2) is 0 Å². The first-order valence-electron chi connectivity index (χ1n) is 5.35. The van der Waals surface area contributed by atoms with Gasteiger partial charge in [0.25, 0.3) is 0 Å². The van der Waals surface area contributed by atoms with Crippen LogP contribution in [0.15, 0.2) is 46.9 Å². The number of aryl methyl sites for hydroxylation is 1. The van der Waals surface area contributed by atoms with E-state index in [1.54, 1.807) is 18.2 Å². The fourth-order valence-corrected chi connectivity index (χ4v) is 2.11. The van der Waals surface area contributed by atoms with Crippen molar-refractivity contribution < 1.29 is 4.39 Å². The van der Waals surface area contributed by atoms with Gasteiger partial charge in [-0.2, -0.15) is 0 Å². The van der Waals surface area contributed by atoms with Crippen molar-refractivity contribution >= 4 is 15.9 Å². The summed E-state index contributed by atoms with van der Waals surface area (Å²) >= 11 is 3.46. The molecule has 0 saturated heterocycles. The number of halogens is 2. The molecule has 2 aromatic carbocycles. The SMILES string of the molecule is Cc1ccc(C(N)c2ccccc2F)cc1Br. The molecule has 0 aliphatic rings. The van der Waals surface area contributed by atoms with Gasteiger partial charge in [0.1, 0.15) is 5.82 Å². The Morgan fingerprint density at radius 1 is 1.18 bits per heavy atom. The second kappa shape index (κ2) is 4.98. The summed E-state index contributed by atoms with van der Waals surface area (Å²) in [6.07, 6.45) is 0. The molecule has 1 unspecified atom stereocenters. The number of hydrogen-bond donors (Lipinski definition) is 1. The lowest BCUT2D eigenvalue weighted by Crippen LogP contribution is -2.13. The first-order valence-corrected chi connectivity index (χ1v) is 6.15. The molecule has 1 nitrogen and oxygen atoms in total. The molecule has 0 amide bonds. The van der Waals surface area contributed by atoms with Gasteiger partial charge in [-0.05, 0) is 30.2 Å². The minimum atomic E-state index is -0.437. The molecule has 2 aromatic rings. The van der Waals surface area contributed by atoms with E-state index in [1.807, 2.05) is 25.1 Å². The van der Waals surface area contributed by atoms with Crippen LogP contribution in [0.3, 0.4) is 0 Å². The van der Waals surface area contributed by atoms with Gasteiger partial charge < -0.3 is 5.73 Å². The van der Waals surface area contributed by atoms with Crippen LogP contribution in [0.25, 0.3) is 0 Å². The van der Waals surface area contributed by atoms with Crippen molar-refractivity contribution in [2.45, 2.75) is 13.0 Å². The number of hydrogen-bond acceptors (Lipinski definition) is 1. The lowest BCUT2D eigenvalue weighted by atomic mass is 9.98. The molecule has 0 aromatic heterocycles. The van der Waals surface area contributed by atoms with Crippen molar-refractivity contribution in [3.8, 4) is 0 Å². The van der Waals surface area contributed by atoms with Crippen LogP contribution in [0, 0.1) is 12.7 Å². The molecule has 2 rings (SSSR count). The normalized spacial score (nSPS) is 12.5. The average molecular weight is 294 g/mol. The van der Waals surface area contributed by atoms with Crippen molar-refractivity contribution in [1.82, 2.24) is 0 Å². The molecule has 88 valence electrons. The highest BCUT2D eigenvalue weighted by atomic mass is 79.9. The van der Waals surface area contributed by atoms with E-state index >= 15 is 0 Å². The van der Waals surface area contributed by atoms with E-state index in [1.165, 1.54) is 6.07 Å². The van der Waals surface area contributed by atoms with Gasteiger partial charge in [-0.3, -0.25) is 0 Å². The summed E-state index contributed by atoms with van der Waals surface area (Å²) in [7, 11) is 0. The van der Waals surface area contributed by atoms with E-state index in [9.17, 15) is 4.39 Å². The van der Waals surface area contributed by atoms with Crippen molar-refractivity contribution in [3.05, 3.63) is 69.4 Å². The number of benzene rings is 2. The monoisotopic (exact) mass is 293 g/mol. The Balaban J connectivity index is 2.40. The third-order valence-electron chi connectivity index (χ3n) is 2.80. The van der Waals surface area contributed by atoms with Crippen molar-refractivity contribution in [3.63, 3.8) is 0 Å². The molecular weight excluding hydrogens is 281 g/mol. The lowest BCUT2D eigenvalue weighted by molar-refractivity contribution is 0.599. The summed E-state index contributed by atoms with van der Waals surface area (Å²) in [5.74, 6) is -0.267. The van der Waals surface area contributed by atoms with E-state index < -0.39 is 6.04 Å². The zero-order valence-corrected chi connectivity index (χ0v) is 11.0. The quantitative estimate of drug-likeness (QED) is 0.892. The third kappa shape index (κ3) is 2.56. The van der Waals surface area contributed by atoms with Crippen LogP contribution in [0.4, 0.5) is 4.39 Å². The maximum Gasteiger partial charge on any atom is 0.128 e. The van der Waals surface area contributed by atoms with Crippen molar-refractivity contribution in [2.75, 3.05) is 0 Å². The van der Waals surface area contributed by atoms with Crippen LogP contribution in [0.5, 0.6) is 0 Å². The summed E-state index contributed by atoms with van der Waals surface area (Å²) < 4.78 is 14.6. The minimum Gasteiger partial charge on any atom is -0.320 e. The highest BCUT2D eigenvalue weighted by Gasteiger charge is 2.13. The van der Waals surface area contributed by atoms with E-state index in [0.29, 0.717) is 5.56 Å². The van der Waals surface area contributed by atoms with Crippen molar-refractivity contribution in [2.24, 2.45) is 5.73 Å². The fourth-order valence-electron chi connectivity index (χ4n) is 1.71. The molecule has 0 heterocycles. The van der Waals surface area contributed by atoms with Gasteiger partial charge in [-0.1, -0.05) is 46.3 Å². The molecule has 0 saturated carbocycles. The molecule has 0 aliphatic heterocycles. The Hall–Kier alpha value is -1.19. The van der Waals surface area contributed by atoms with Gasteiger partial charge in [0.2, 0.25) is 0 Å². The predicted octanol–water partition coefficient (Wildman–Crippen LogP) is 3.94. The minimum absolute atomic E-state index is 0.267. The maximum absolute atomic E-state index is 13.6. The fraction of sp³-hybridized carbons (Fsp3) is 0.143. The number of rotatable bonds is 2. The van der Waals surface area contributed by atoms with Gasteiger partial charge in [0, 0.05) is 10.0 Å². The summed E-state index contributed by atoms with van der Waals surface area (Å²) in [5, 5.41) is 0. The summed E-state index contributed by atoms with van der Waals surface area (Å²) in [6, 6.07) is 12.0. The van der Waals surface area contributed by atoms with Gasteiger partial charge >= 0.3 is 0 Å². The molecule has 17 heavy (non-hydrogen) atoms. The standard InChI is InChI=1S/C14H13BrFN/c1-9-6-7-10(8-12(9)15)14(17)11-4-2-3-5-13(11)16/h2-8,14H,17H2,1H3. The van der Waals surface area contributed by atoms with Crippen LogP contribution in [0.2, 0.25) is 0 Å². The lowest BCUT2D eigenvalue weighted by Gasteiger charge is -2.14. The molecule has 0 aliphatic carbocycles. The zero-order chi connectivity index (χ0) is 12.4. The molecule has 0 fully saturated rings. The van der Waals surface area contributed by atoms with E-state index in [2.05, 4.69) is 15.9 Å². The topological polar surface area (TPSA) is 26.0 Å². The maximum atomic E-state index is 13.6. The predicted molar refractivity (Wildman–Crippen MR) is 71.3 cm³/mol. The molecule has 0 spiro atoms. The van der Waals surface area contributed by atoms with Crippen LogP contribution in [0.1, 0.15) is 22.7 Å². The second-order valence-corrected chi connectivity index (χ2v) is 4.86. The Bertz CT molecular complexity index is 539. The van der Waals surface area contributed by atoms with E-state index in [4.69, 9.17) is 5.73 Å². The summed E-state index contributed by atoms with van der Waals surface area (Å²) in [5.41, 5.74) is 8.62. The van der Waals surface area contributed by atoms with Gasteiger partial charge in [-0.25, -0.2) is 4.39 Å². The molecule has 1 atom stereocenters. The Morgan fingerprint density at radius 3 is 2.53 bits per heavy atom. The smallest absolute Gasteiger partial charge is 0.128 e. The first-order chi connectivity index (χ1) is 8.09. The highest BCUT2D eigenvalue weighted by Crippen LogP contribution is 2.26. The van der Waals surface area contributed by atoms with E-state index in [-0.39, 0.29) is 5.82 Å². The molecule has 0 bridgehead atoms. The van der Waals surface area contributed by atoms with Gasteiger partial charge in [0.05, 0.1) is 6.04 Å². The third-order valence-corrected chi connectivity index (χ3v) is 3.65. The average Bonchev–Trinajstić information content (AvgIpc) is 2.32. The summed E-state index contributed by atoms with van der Waals surface area (Å²) in [6.45, 7) is 2.00. The van der Waals surface area contributed by atoms with Gasteiger partial charge in [-0.15, -0.1) is 0 Å². The molecule has 2 N–H and O–H groups in total. The Morgan fingerprint density at radius 2 is 1.88 bits per heavy atom. The zero-order valence-electron chi connectivity index (χ0n) is 9.45. The second-order valence-electron chi connectivity index (χ2n) is 4.01. The van der Waals surface area contributed by atoms with E-state index in [0.717, 1.165) is 15.6 Å².